The van der Waals surface area contributed by atoms with Gasteiger partial charge in [0.2, 0.25) is 10.0 Å². The van der Waals surface area contributed by atoms with Crippen molar-refractivity contribution in [1.29, 1.82) is 0 Å². The molecule has 0 fully saturated rings. The van der Waals surface area contributed by atoms with Crippen LogP contribution in [0.1, 0.15) is 29.8 Å². The highest BCUT2D eigenvalue weighted by atomic mass is 35.5. The SMILES string of the molecule is C=CCOc1ccc(CN(C)C(=O)c2cc(S(=O)(=O)NC(C)C)ccc2Cl)cc1. The molecule has 156 valence electrons. The van der Waals surface area contributed by atoms with Gasteiger partial charge in [0.05, 0.1) is 15.5 Å². The van der Waals surface area contributed by atoms with Gasteiger partial charge in [0.25, 0.3) is 5.91 Å². The first kappa shape index (κ1) is 22.9. The molecular weight excluding hydrogens is 412 g/mol. The second kappa shape index (κ2) is 9.91. The molecule has 29 heavy (non-hydrogen) atoms. The van der Waals surface area contributed by atoms with E-state index >= 15 is 0 Å². The molecule has 0 unspecified atom stereocenters. The van der Waals surface area contributed by atoms with Crippen LogP contribution in [0, 0.1) is 0 Å². The van der Waals surface area contributed by atoms with Crippen LogP contribution in [0.2, 0.25) is 5.02 Å². The molecule has 0 heterocycles. The number of nitrogens with zero attached hydrogens (tertiary/aromatic N) is 1. The number of hydrogen-bond donors (Lipinski definition) is 1. The monoisotopic (exact) mass is 436 g/mol. The van der Waals surface area contributed by atoms with Crippen LogP contribution in [0.25, 0.3) is 0 Å². The van der Waals surface area contributed by atoms with Crippen molar-refractivity contribution >= 4 is 27.5 Å². The van der Waals surface area contributed by atoms with Gasteiger partial charge in [-0.2, -0.15) is 0 Å². The Hall–Kier alpha value is -2.35. The van der Waals surface area contributed by atoms with Gasteiger partial charge in [-0.15, -0.1) is 0 Å². The normalized spacial score (nSPS) is 11.3. The molecule has 1 N–H and O–H groups in total. The second-order valence-corrected chi connectivity index (χ2v) is 8.94. The van der Waals surface area contributed by atoms with Crippen LogP contribution in [-0.4, -0.2) is 38.9 Å². The van der Waals surface area contributed by atoms with E-state index < -0.39 is 10.0 Å². The third kappa shape index (κ3) is 6.32. The Labute approximate surface area is 177 Å². The van der Waals surface area contributed by atoms with Crippen molar-refractivity contribution in [3.05, 3.63) is 71.3 Å². The van der Waals surface area contributed by atoms with E-state index in [1.54, 1.807) is 27.0 Å². The van der Waals surface area contributed by atoms with Crippen LogP contribution >= 0.6 is 11.6 Å². The van der Waals surface area contributed by atoms with Crippen molar-refractivity contribution in [3.8, 4) is 5.75 Å². The molecule has 6 nitrogen and oxygen atoms in total. The number of hydrogen-bond acceptors (Lipinski definition) is 4. The van der Waals surface area contributed by atoms with Gasteiger partial charge in [-0.05, 0) is 49.7 Å². The number of benzene rings is 2. The minimum Gasteiger partial charge on any atom is -0.490 e. The van der Waals surface area contributed by atoms with Crippen molar-refractivity contribution in [2.75, 3.05) is 13.7 Å². The van der Waals surface area contributed by atoms with Crippen LogP contribution < -0.4 is 9.46 Å². The molecule has 0 spiro atoms. The Bertz CT molecular complexity index is 973. The quantitative estimate of drug-likeness (QED) is 0.605. The molecule has 0 aliphatic heterocycles. The lowest BCUT2D eigenvalue weighted by atomic mass is 10.1. The van der Waals surface area contributed by atoms with Gasteiger partial charge in [-0.3, -0.25) is 4.79 Å². The van der Waals surface area contributed by atoms with Crippen LogP contribution in [-0.2, 0) is 16.6 Å². The summed E-state index contributed by atoms with van der Waals surface area (Å²) in [7, 11) is -2.10. The molecule has 2 aromatic rings. The number of carbonyl (C=O) groups excluding carboxylic acids is 1. The van der Waals surface area contributed by atoms with Crippen LogP contribution in [0.15, 0.2) is 60.0 Å². The Morgan fingerprint density at radius 3 is 2.48 bits per heavy atom. The topological polar surface area (TPSA) is 75.7 Å². The molecule has 0 aliphatic carbocycles. The van der Waals surface area contributed by atoms with E-state index in [2.05, 4.69) is 11.3 Å². The Balaban J connectivity index is 2.18. The fourth-order valence-electron chi connectivity index (χ4n) is 2.61. The maximum Gasteiger partial charge on any atom is 0.255 e. The lowest BCUT2D eigenvalue weighted by molar-refractivity contribution is 0.0785. The fraction of sp³-hybridized carbons (Fsp3) is 0.286. The van der Waals surface area contributed by atoms with Crippen molar-refractivity contribution in [2.24, 2.45) is 0 Å². The Morgan fingerprint density at radius 2 is 1.90 bits per heavy atom. The summed E-state index contributed by atoms with van der Waals surface area (Å²) < 4.78 is 32.7. The van der Waals surface area contributed by atoms with Crippen LogP contribution in [0.5, 0.6) is 5.75 Å². The molecule has 0 aliphatic rings. The zero-order valence-electron chi connectivity index (χ0n) is 16.7. The van der Waals surface area contributed by atoms with Crippen LogP contribution in [0.3, 0.4) is 0 Å². The first-order chi connectivity index (χ1) is 13.6. The fourth-order valence-corrected chi connectivity index (χ4v) is 4.09. The van der Waals surface area contributed by atoms with Gasteiger partial charge in [0.1, 0.15) is 12.4 Å². The summed E-state index contributed by atoms with van der Waals surface area (Å²) in [6.07, 6.45) is 1.66. The van der Waals surface area contributed by atoms with Crippen molar-refractivity contribution in [2.45, 2.75) is 31.3 Å². The smallest absolute Gasteiger partial charge is 0.255 e. The van der Waals surface area contributed by atoms with E-state index in [0.717, 1.165) is 5.56 Å². The first-order valence-electron chi connectivity index (χ1n) is 9.04. The third-order valence-electron chi connectivity index (χ3n) is 3.93. The molecule has 2 rings (SSSR count). The molecule has 0 radical (unpaired) electrons. The average molecular weight is 437 g/mol. The number of carbonyl (C=O) groups is 1. The number of halogens is 1. The number of rotatable bonds is 9. The summed E-state index contributed by atoms with van der Waals surface area (Å²) >= 11 is 6.18. The zero-order chi connectivity index (χ0) is 21.6. The van der Waals surface area contributed by atoms with Crippen molar-refractivity contribution in [3.63, 3.8) is 0 Å². The number of ether oxygens (including phenoxy) is 1. The Morgan fingerprint density at radius 1 is 1.24 bits per heavy atom. The Kier molecular flexibility index (Phi) is 7.84. The van der Waals surface area contributed by atoms with Gasteiger partial charge in [-0.1, -0.05) is 36.4 Å². The second-order valence-electron chi connectivity index (χ2n) is 6.82. The first-order valence-corrected chi connectivity index (χ1v) is 10.9. The minimum absolute atomic E-state index is 0.00364. The average Bonchev–Trinajstić information content (AvgIpc) is 2.66. The summed E-state index contributed by atoms with van der Waals surface area (Å²) in [6.45, 7) is 7.80. The highest BCUT2D eigenvalue weighted by Gasteiger charge is 2.21. The van der Waals surface area contributed by atoms with Gasteiger partial charge in [0.15, 0.2) is 0 Å². The van der Waals surface area contributed by atoms with E-state index in [0.29, 0.717) is 18.9 Å². The predicted molar refractivity (Wildman–Crippen MR) is 115 cm³/mol. The molecule has 0 saturated heterocycles. The summed E-state index contributed by atoms with van der Waals surface area (Å²) in [4.78, 5) is 14.3. The summed E-state index contributed by atoms with van der Waals surface area (Å²) in [6, 6.07) is 11.2. The van der Waals surface area contributed by atoms with E-state index in [1.807, 2.05) is 24.3 Å². The van der Waals surface area contributed by atoms with E-state index in [1.165, 1.54) is 23.1 Å². The lowest BCUT2D eigenvalue weighted by Crippen LogP contribution is -2.31. The molecule has 8 heteroatoms. The summed E-state index contributed by atoms with van der Waals surface area (Å²) in [5.74, 6) is 0.338. The maximum atomic E-state index is 12.9. The summed E-state index contributed by atoms with van der Waals surface area (Å²) in [5.41, 5.74) is 1.03. The predicted octanol–water partition coefficient (Wildman–Crippen LogP) is 3.86. The van der Waals surface area contributed by atoms with Gasteiger partial charge in [-0.25, -0.2) is 13.1 Å². The van der Waals surface area contributed by atoms with E-state index in [4.69, 9.17) is 16.3 Å². The zero-order valence-corrected chi connectivity index (χ0v) is 18.3. The third-order valence-corrected chi connectivity index (χ3v) is 5.91. The lowest BCUT2D eigenvalue weighted by Gasteiger charge is -2.19. The highest BCUT2D eigenvalue weighted by molar-refractivity contribution is 7.89. The van der Waals surface area contributed by atoms with E-state index in [-0.39, 0.29) is 27.4 Å². The number of sulfonamides is 1. The summed E-state index contributed by atoms with van der Waals surface area (Å²) in [5, 5.41) is 0.193. The molecule has 2 aromatic carbocycles. The number of amides is 1. The van der Waals surface area contributed by atoms with Gasteiger partial charge >= 0.3 is 0 Å². The van der Waals surface area contributed by atoms with Gasteiger partial charge in [0, 0.05) is 19.6 Å². The van der Waals surface area contributed by atoms with Gasteiger partial charge < -0.3 is 9.64 Å². The molecule has 0 atom stereocenters. The highest BCUT2D eigenvalue weighted by Crippen LogP contribution is 2.23. The molecule has 0 bridgehead atoms. The van der Waals surface area contributed by atoms with Crippen molar-refractivity contribution in [1.82, 2.24) is 9.62 Å². The molecule has 0 saturated carbocycles. The standard InChI is InChI=1S/C21H25ClN2O4S/c1-5-12-28-17-8-6-16(7-9-17)14-24(4)21(25)19-13-18(10-11-20(19)22)29(26,27)23-15(2)3/h5-11,13,15,23H,1,12,14H2,2-4H3. The molecular formula is C21H25ClN2O4S. The molecule has 0 aromatic heterocycles. The van der Waals surface area contributed by atoms with Crippen molar-refractivity contribution < 1.29 is 17.9 Å². The minimum atomic E-state index is -3.73. The maximum absolute atomic E-state index is 12.9. The van der Waals surface area contributed by atoms with E-state index in [9.17, 15) is 13.2 Å². The molecule has 1 amide bonds. The largest absolute Gasteiger partial charge is 0.490 e. The number of nitrogens with one attached hydrogen (secondary N) is 1. The van der Waals surface area contributed by atoms with Crippen LogP contribution in [0.4, 0.5) is 0 Å².